The Morgan fingerprint density at radius 3 is 2.80 bits per heavy atom. The summed E-state index contributed by atoms with van der Waals surface area (Å²) >= 11 is 3.47. The zero-order valence-corrected chi connectivity index (χ0v) is 11.1. The highest BCUT2D eigenvalue weighted by Gasteiger charge is 2.05. The molecule has 1 rings (SSSR count). The lowest BCUT2D eigenvalue weighted by Gasteiger charge is -2.13. The Balaban J connectivity index is 2.36. The Kier molecular flexibility index (Phi) is 5.96. The Morgan fingerprint density at radius 2 is 2.13 bits per heavy atom. The maximum absolute atomic E-state index is 5.76. The molecule has 15 heavy (non-hydrogen) atoms. The summed E-state index contributed by atoms with van der Waals surface area (Å²) in [6.07, 6.45) is 3.86. The minimum absolute atomic E-state index is 0.194. The predicted molar refractivity (Wildman–Crippen MR) is 68.0 cm³/mol. The first-order valence-corrected chi connectivity index (χ1v) is 6.40. The molecule has 0 aliphatic rings. The molecule has 0 saturated heterocycles. The van der Waals surface area contributed by atoms with Gasteiger partial charge in [-0.05, 0) is 31.0 Å². The van der Waals surface area contributed by atoms with E-state index >= 15 is 0 Å². The van der Waals surface area contributed by atoms with Gasteiger partial charge in [0.15, 0.2) is 0 Å². The van der Waals surface area contributed by atoms with Gasteiger partial charge in [0.05, 0.1) is 6.10 Å². The van der Waals surface area contributed by atoms with Gasteiger partial charge in [-0.3, -0.25) is 0 Å². The standard InChI is InChI=1S/C13H19BrO/c1-3-4-5-9-15-11(2)12-7-6-8-13(14)10-12/h6-8,10-11H,3-5,9H2,1-2H3. The molecular formula is C13H19BrO. The summed E-state index contributed by atoms with van der Waals surface area (Å²) in [5, 5.41) is 0. The number of halogens is 1. The van der Waals surface area contributed by atoms with Crippen molar-refractivity contribution in [3.8, 4) is 0 Å². The lowest BCUT2D eigenvalue weighted by atomic mass is 10.1. The van der Waals surface area contributed by atoms with E-state index in [-0.39, 0.29) is 6.10 Å². The van der Waals surface area contributed by atoms with Gasteiger partial charge < -0.3 is 4.74 Å². The van der Waals surface area contributed by atoms with Gasteiger partial charge in [0, 0.05) is 11.1 Å². The van der Waals surface area contributed by atoms with Gasteiger partial charge in [0.25, 0.3) is 0 Å². The third-order valence-corrected chi connectivity index (χ3v) is 2.93. The molecule has 1 aromatic rings. The summed E-state index contributed by atoms with van der Waals surface area (Å²) in [5.74, 6) is 0. The van der Waals surface area contributed by atoms with E-state index in [0.717, 1.165) is 17.5 Å². The van der Waals surface area contributed by atoms with Crippen LogP contribution in [0.25, 0.3) is 0 Å². The monoisotopic (exact) mass is 270 g/mol. The largest absolute Gasteiger partial charge is 0.374 e. The molecule has 0 aliphatic heterocycles. The Morgan fingerprint density at radius 1 is 1.33 bits per heavy atom. The molecule has 0 heterocycles. The topological polar surface area (TPSA) is 9.23 Å². The van der Waals surface area contributed by atoms with E-state index in [1.165, 1.54) is 18.4 Å². The summed E-state index contributed by atoms with van der Waals surface area (Å²) < 4.78 is 6.88. The zero-order chi connectivity index (χ0) is 11.1. The first-order chi connectivity index (χ1) is 7.24. The second-order valence-corrected chi connectivity index (χ2v) is 4.69. The van der Waals surface area contributed by atoms with Gasteiger partial charge in [-0.1, -0.05) is 47.8 Å². The quantitative estimate of drug-likeness (QED) is 0.680. The maximum atomic E-state index is 5.76. The van der Waals surface area contributed by atoms with E-state index < -0.39 is 0 Å². The van der Waals surface area contributed by atoms with Crippen molar-refractivity contribution in [3.63, 3.8) is 0 Å². The van der Waals surface area contributed by atoms with Crippen molar-refractivity contribution in [3.05, 3.63) is 34.3 Å². The molecule has 1 aromatic carbocycles. The van der Waals surface area contributed by atoms with Crippen molar-refractivity contribution >= 4 is 15.9 Å². The second-order valence-electron chi connectivity index (χ2n) is 3.78. The number of ether oxygens (including phenoxy) is 1. The number of hydrogen-bond acceptors (Lipinski definition) is 1. The lowest BCUT2D eigenvalue weighted by molar-refractivity contribution is 0.0629. The van der Waals surface area contributed by atoms with Crippen LogP contribution in [-0.2, 0) is 4.74 Å². The molecule has 2 heteroatoms. The summed E-state index contributed by atoms with van der Waals surface area (Å²) in [6.45, 7) is 5.17. The normalized spacial score (nSPS) is 12.7. The van der Waals surface area contributed by atoms with Crippen molar-refractivity contribution < 1.29 is 4.74 Å². The molecule has 1 nitrogen and oxygen atoms in total. The van der Waals surface area contributed by atoms with Crippen LogP contribution < -0.4 is 0 Å². The molecule has 0 N–H and O–H groups in total. The highest BCUT2D eigenvalue weighted by Crippen LogP contribution is 2.20. The van der Waals surface area contributed by atoms with Crippen molar-refractivity contribution in [1.82, 2.24) is 0 Å². The Labute approximate surface area is 101 Å². The van der Waals surface area contributed by atoms with Gasteiger partial charge in [-0.25, -0.2) is 0 Å². The van der Waals surface area contributed by atoms with Crippen LogP contribution in [0.1, 0.15) is 44.8 Å². The maximum Gasteiger partial charge on any atom is 0.0797 e. The van der Waals surface area contributed by atoms with Crippen molar-refractivity contribution in [2.24, 2.45) is 0 Å². The molecule has 84 valence electrons. The van der Waals surface area contributed by atoms with E-state index in [4.69, 9.17) is 4.74 Å². The molecule has 0 aromatic heterocycles. The fourth-order valence-corrected chi connectivity index (χ4v) is 1.88. The Bertz CT molecular complexity index is 286. The van der Waals surface area contributed by atoms with Crippen LogP contribution in [0, 0.1) is 0 Å². The van der Waals surface area contributed by atoms with Crippen LogP contribution in [0.3, 0.4) is 0 Å². The first kappa shape index (κ1) is 12.7. The highest BCUT2D eigenvalue weighted by molar-refractivity contribution is 9.10. The fraction of sp³-hybridized carbons (Fsp3) is 0.538. The summed E-state index contributed by atoms with van der Waals surface area (Å²) in [4.78, 5) is 0. The number of benzene rings is 1. The number of hydrogen-bond donors (Lipinski definition) is 0. The third kappa shape index (κ3) is 4.80. The van der Waals surface area contributed by atoms with Gasteiger partial charge in [0.1, 0.15) is 0 Å². The average molecular weight is 271 g/mol. The molecule has 0 fully saturated rings. The van der Waals surface area contributed by atoms with Crippen LogP contribution >= 0.6 is 15.9 Å². The van der Waals surface area contributed by atoms with E-state index in [9.17, 15) is 0 Å². The molecule has 0 radical (unpaired) electrons. The minimum atomic E-state index is 0.194. The average Bonchev–Trinajstić information content (AvgIpc) is 2.24. The van der Waals surface area contributed by atoms with Gasteiger partial charge >= 0.3 is 0 Å². The van der Waals surface area contributed by atoms with Crippen LogP contribution in [-0.4, -0.2) is 6.61 Å². The molecule has 0 saturated carbocycles. The van der Waals surface area contributed by atoms with Crippen LogP contribution in [0.4, 0.5) is 0 Å². The summed E-state index contributed by atoms with van der Waals surface area (Å²) in [7, 11) is 0. The summed E-state index contributed by atoms with van der Waals surface area (Å²) in [6, 6.07) is 8.30. The van der Waals surface area contributed by atoms with E-state index in [0.29, 0.717) is 0 Å². The van der Waals surface area contributed by atoms with Crippen LogP contribution in [0.5, 0.6) is 0 Å². The first-order valence-electron chi connectivity index (χ1n) is 5.61. The van der Waals surface area contributed by atoms with Crippen molar-refractivity contribution in [2.45, 2.75) is 39.2 Å². The smallest absolute Gasteiger partial charge is 0.0797 e. The summed E-state index contributed by atoms with van der Waals surface area (Å²) in [5.41, 5.74) is 1.24. The molecule has 0 bridgehead atoms. The molecule has 0 spiro atoms. The van der Waals surface area contributed by atoms with E-state index in [2.05, 4.69) is 41.9 Å². The molecule has 1 unspecified atom stereocenters. The predicted octanol–water partition coefficient (Wildman–Crippen LogP) is 4.72. The number of unbranched alkanes of at least 4 members (excludes halogenated alkanes) is 2. The molecule has 1 atom stereocenters. The van der Waals surface area contributed by atoms with E-state index in [1.54, 1.807) is 0 Å². The van der Waals surface area contributed by atoms with Crippen LogP contribution in [0.2, 0.25) is 0 Å². The SMILES string of the molecule is CCCCCOC(C)c1cccc(Br)c1. The minimum Gasteiger partial charge on any atom is -0.374 e. The Hall–Kier alpha value is -0.340. The highest BCUT2D eigenvalue weighted by atomic mass is 79.9. The van der Waals surface area contributed by atoms with Crippen molar-refractivity contribution in [2.75, 3.05) is 6.61 Å². The molecule has 0 amide bonds. The molecular weight excluding hydrogens is 252 g/mol. The van der Waals surface area contributed by atoms with Crippen LogP contribution in [0.15, 0.2) is 28.7 Å². The zero-order valence-electron chi connectivity index (χ0n) is 9.50. The van der Waals surface area contributed by atoms with E-state index in [1.807, 2.05) is 12.1 Å². The van der Waals surface area contributed by atoms with Gasteiger partial charge in [0.2, 0.25) is 0 Å². The van der Waals surface area contributed by atoms with Gasteiger partial charge in [-0.2, -0.15) is 0 Å². The van der Waals surface area contributed by atoms with Crippen molar-refractivity contribution in [1.29, 1.82) is 0 Å². The van der Waals surface area contributed by atoms with Gasteiger partial charge in [-0.15, -0.1) is 0 Å². The molecule has 0 aliphatic carbocycles. The second kappa shape index (κ2) is 7.02. The fourth-order valence-electron chi connectivity index (χ4n) is 1.47. The third-order valence-electron chi connectivity index (χ3n) is 2.43. The number of rotatable bonds is 6. The lowest BCUT2D eigenvalue weighted by Crippen LogP contribution is -2.01.